The van der Waals surface area contributed by atoms with Crippen LogP contribution in [0.1, 0.15) is 37.1 Å². The molecule has 0 aliphatic carbocycles. The molecule has 174 valence electrons. The SMILES string of the molecule is O=C(CCc1nc(N2CCCCC2)c2c(-c3ccccc3)noc2n1)NCc1cccc(Cl)c1. The summed E-state index contributed by atoms with van der Waals surface area (Å²) in [6.07, 6.45) is 4.17. The van der Waals surface area contributed by atoms with Crippen molar-refractivity contribution in [1.29, 1.82) is 0 Å². The summed E-state index contributed by atoms with van der Waals surface area (Å²) in [7, 11) is 0. The third-order valence-corrected chi connectivity index (χ3v) is 6.26. The van der Waals surface area contributed by atoms with Gasteiger partial charge in [0.05, 0.1) is 0 Å². The Labute approximate surface area is 203 Å². The number of fused-ring (bicyclic) bond motifs is 1. The predicted octanol–water partition coefficient (Wildman–Crippen LogP) is 5.18. The van der Waals surface area contributed by atoms with Gasteiger partial charge in [-0.1, -0.05) is 59.2 Å². The fourth-order valence-electron chi connectivity index (χ4n) is 4.28. The zero-order valence-corrected chi connectivity index (χ0v) is 19.6. The van der Waals surface area contributed by atoms with E-state index in [-0.39, 0.29) is 12.3 Å². The maximum Gasteiger partial charge on any atom is 0.263 e. The lowest BCUT2D eigenvalue weighted by Crippen LogP contribution is -2.30. The number of nitrogens with one attached hydrogen (secondary N) is 1. The van der Waals surface area contributed by atoms with E-state index in [0.29, 0.717) is 29.5 Å². The number of anilines is 1. The Morgan fingerprint density at radius 1 is 1.03 bits per heavy atom. The quantitative estimate of drug-likeness (QED) is 0.396. The van der Waals surface area contributed by atoms with E-state index in [4.69, 9.17) is 21.1 Å². The van der Waals surface area contributed by atoms with Gasteiger partial charge in [0.1, 0.15) is 22.7 Å². The number of aromatic nitrogens is 3. The van der Waals surface area contributed by atoms with Gasteiger partial charge in [-0.05, 0) is 37.0 Å². The van der Waals surface area contributed by atoms with Crippen LogP contribution < -0.4 is 10.2 Å². The lowest BCUT2D eigenvalue weighted by molar-refractivity contribution is -0.121. The molecule has 1 aliphatic rings. The van der Waals surface area contributed by atoms with Crippen LogP contribution in [0.4, 0.5) is 5.82 Å². The van der Waals surface area contributed by atoms with Crippen LogP contribution in [-0.2, 0) is 17.8 Å². The summed E-state index contributed by atoms with van der Waals surface area (Å²) in [5, 5.41) is 8.76. The first-order valence-electron chi connectivity index (χ1n) is 11.7. The van der Waals surface area contributed by atoms with E-state index in [1.54, 1.807) is 0 Å². The molecule has 2 aromatic carbocycles. The highest BCUT2D eigenvalue weighted by atomic mass is 35.5. The zero-order valence-electron chi connectivity index (χ0n) is 18.8. The lowest BCUT2D eigenvalue weighted by atomic mass is 10.1. The maximum atomic E-state index is 12.5. The zero-order chi connectivity index (χ0) is 23.3. The Morgan fingerprint density at radius 3 is 2.65 bits per heavy atom. The van der Waals surface area contributed by atoms with E-state index < -0.39 is 0 Å². The van der Waals surface area contributed by atoms with Gasteiger partial charge in [0.15, 0.2) is 0 Å². The predicted molar refractivity (Wildman–Crippen MR) is 133 cm³/mol. The van der Waals surface area contributed by atoms with Crippen molar-refractivity contribution in [2.24, 2.45) is 0 Å². The molecule has 1 fully saturated rings. The topological polar surface area (TPSA) is 84.2 Å². The minimum Gasteiger partial charge on any atom is -0.356 e. The van der Waals surface area contributed by atoms with Gasteiger partial charge in [-0.3, -0.25) is 4.79 Å². The van der Waals surface area contributed by atoms with E-state index >= 15 is 0 Å². The van der Waals surface area contributed by atoms with Gasteiger partial charge in [-0.15, -0.1) is 0 Å². The van der Waals surface area contributed by atoms with Gasteiger partial charge in [0.2, 0.25) is 5.91 Å². The van der Waals surface area contributed by atoms with Gasteiger partial charge in [-0.25, -0.2) is 4.98 Å². The van der Waals surface area contributed by atoms with Crippen LogP contribution >= 0.6 is 11.6 Å². The molecule has 0 atom stereocenters. The van der Waals surface area contributed by atoms with Crippen LogP contribution in [0, 0.1) is 0 Å². The summed E-state index contributed by atoms with van der Waals surface area (Å²) >= 11 is 6.02. The molecule has 1 saturated heterocycles. The first-order valence-corrected chi connectivity index (χ1v) is 12.0. The summed E-state index contributed by atoms with van der Waals surface area (Å²) in [4.78, 5) is 24.3. The van der Waals surface area contributed by atoms with Crippen molar-refractivity contribution in [3.8, 4) is 11.3 Å². The van der Waals surface area contributed by atoms with Gasteiger partial charge in [-0.2, -0.15) is 4.98 Å². The molecule has 34 heavy (non-hydrogen) atoms. The fourth-order valence-corrected chi connectivity index (χ4v) is 4.49. The largest absolute Gasteiger partial charge is 0.356 e. The Hall–Kier alpha value is -3.45. The van der Waals surface area contributed by atoms with E-state index in [9.17, 15) is 4.79 Å². The second-order valence-corrected chi connectivity index (χ2v) is 8.93. The summed E-state index contributed by atoms with van der Waals surface area (Å²) in [6.45, 7) is 2.30. The van der Waals surface area contributed by atoms with E-state index in [1.807, 2.05) is 54.6 Å². The molecular formula is C26H26ClN5O2. The molecule has 1 aliphatic heterocycles. The number of rotatable bonds is 7. The second kappa shape index (κ2) is 10.2. The van der Waals surface area contributed by atoms with Crippen LogP contribution in [0.3, 0.4) is 0 Å². The number of amides is 1. The van der Waals surface area contributed by atoms with Crippen LogP contribution in [0.2, 0.25) is 5.02 Å². The van der Waals surface area contributed by atoms with Crippen molar-refractivity contribution in [3.63, 3.8) is 0 Å². The average molecular weight is 476 g/mol. The molecule has 2 aromatic heterocycles. The molecule has 0 spiro atoms. The van der Waals surface area contributed by atoms with Crippen LogP contribution in [0.5, 0.6) is 0 Å². The van der Waals surface area contributed by atoms with E-state index in [0.717, 1.165) is 54.0 Å². The van der Waals surface area contributed by atoms with E-state index in [2.05, 4.69) is 20.4 Å². The standard InChI is InChI=1S/C26H26ClN5O2/c27-20-11-7-8-18(16-20)17-28-22(33)13-12-21-29-25(32-14-5-2-6-15-32)23-24(31-34-26(23)30-21)19-9-3-1-4-10-19/h1,3-4,7-11,16H,2,5-6,12-15,17H2,(H,28,33). The maximum absolute atomic E-state index is 12.5. The third kappa shape index (κ3) is 5.04. The normalized spacial score (nSPS) is 13.9. The highest BCUT2D eigenvalue weighted by Crippen LogP contribution is 2.34. The summed E-state index contributed by atoms with van der Waals surface area (Å²) < 4.78 is 5.66. The first-order chi connectivity index (χ1) is 16.7. The van der Waals surface area contributed by atoms with Crippen molar-refractivity contribution in [2.75, 3.05) is 18.0 Å². The van der Waals surface area contributed by atoms with Gasteiger partial charge < -0.3 is 14.7 Å². The Morgan fingerprint density at radius 2 is 1.85 bits per heavy atom. The monoisotopic (exact) mass is 475 g/mol. The highest BCUT2D eigenvalue weighted by Gasteiger charge is 2.23. The lowest BCUT2D eigenvalue weighted by Gasteiger charge is -2.28. The molecule has 7 nitrogen and oxygen atoms in total. The van der Waals surface area contributed by atoms with Crippen LogP contribution in [-0.4, -0.2) is 34.1 Å². The van der Waals surface area contributed by atoms with Gasteiger partial charge in [0, 0.05) is 43.1 Å². The third-order valence-electron chi connectivity index (χ3n) is 6.02. The fraction of sp³-hybridized carbons (Fsp3) is 0.308. The van der Waals surface area contributed by atoms with Crippen LogP contribution in [0.25, 0.3) is 22.4 Å². The Kier molecular flexibility index (Phi) is 6.72. The summed E-state index contributed by atoms with van der Waals surface area (Å²) in [5.74, 6) is 1.37. The number of benzene rings is 2. The summed E-state index contributed by atoms with van der Waals surface area (Å²) in [6, 6.07) is 17.4. The molecule has 3 heterocycles. The Bertz CT molecular complexity index is 1290. The number of aryl methyl sites for hydroxylation is 1. The minimum atomic E-state index is -0.0641. The average Bonchev–Trinajstić information content (AvgIpc) is 3.31. The molecule has 1 N–H and O–H groups in total. The molecule has 1 amide bonds. The Balaban J connectivity index is 1.37. The number of carbonyl (C=O) groups excluding carboxylic acids is 1. The molecule has 5 rings (SSSR count). The molecular weight excluding hydrogens is 450 g/mol. The highest BCUT2D eigenvalue weighted by molar-refractivity contribution is 6.30. The smallest absolute Gasteiger partial charge is 0.263 e. The van der Waals surface area contributed by atoms with Crippen molar-refractivity contribution in [1.82, 2.24) is 20.4 Å². The minimum absolute atomic E-state index is 0.0641. The number of hydrogen-bond donors (Lipinski definition) is 1. The molecule has 0 unspecified atom stereocenters. The molecule has 0 saturated carbocycles. The second-order valence-electron chi connectivity index (χ2n) is 8.50. The first kappa shape index (κ1) is 22.3. The molecule has 8 heteroatoms. The van der Waals surface area contributed by atoms with Gasteiger partial charge >= 0.3 is 0 Å². The number of hydrogen-bond acceptors (Lipinski definition) is 6. The van der Waals surface area contributed by atoms with Crippen molar-refractivity contribution < 1.29 is 9.32 Å². The number of piperidine rings is 1. The molecule has 0 bridgehead atoms. The van der Waals surface area contributed by atoms with E-state index in [1.165, 1.54) is 6.42 Å². The number of halogens is 1. The number of carbonyl (C=O) groups is 1. The van der Waals surface area contributed by atoms with Crippen molar-refractivity contribution in [3.05, 3.63) is 71.0 Å². The van der Waals surface area contributed by atoms with Crippen molar-refractivity contribution in [2.45, 2.75) is 38.6 Å². The molecule has 4 aromatic rings. The molecule has 0 radical (unpaired) electrons. The van der Waals surface area contributed by atoms with Gasteiger partial charge in [0.25, 0.3) is 5.71 Å². The number of nitrogens with zero attached hydrogens (tertiary/aromatic N) is 4. The van der Waals surface area contributed by atoms with Crippen LogP contribution in [0.15, 0.2) is 59.1 Å². The van der Waals surface area contributed by atoms with Crippen molar-refractivity contribution >= 4 is 34.4 Å². The summed E-state index contributed by atoms with van der Waals surface area (Å²) in [5.41, 5.74) is 3.14.